The molecule has 0 radical (unpaired) electrons. The van der Waals surface area contributed by atoms with Crippen molar-refractivity contribution in [1.29, 1.82) is 0 Å². The molecule has 0 amide bonds. The molecule has 0 saturated carbocycles. The van der Waals surface area contributed by atoms with Gasteiger partial charge in [0.1, 0.15) is 11.5 Å². The molecule has 0 saturated heterocycles. The van der Waals surface area contributed by atoms with E-state index in [0.717, 1.165) is 0 Å². The summed E-state index contributed by atoms with van der Waals surface area (Å²) in [4.78, 5) is 30.0. The smallest absolute Gasteiger partial charge is 0.269 e. The Kier molecular flexibility index (Phi) is 10.0. The van der Waals surface area contributed by atoms with Gasteiger partial charge in [0.15, 0.2) is 23.0 Å². The van der Waals surface area contributed by atoms with Crippen LogP contribution in [-0.4, -0.2) is 52.9 Å². The Bertz CT molecular complexity index is 2480. The Morgan fingerprint density at radius 3 is 1.14 bits per heavy atom. The Morgan fingerprint density at radius 1 is 0.536 bits per heavy atom. The highest BCUT2D eigenvalue weighted by Crippen LogP contribution is 2.54. The topological polar surface area (TPSA) is 232 Å². The summed E-state index contributed by atoms with van der Waals surface area (Å²) in [6, 6.07) is 14.1. The average molecular weight is 759 g/mol. The minimum Gasteiger partial charge on any atom is -0.507 e. The van der Waals surface area contributed by atoms with Crippen molar-refractivity contribution in [3.8, 4) is 45.6 Å². The first-order valence-corrected chi connectivity index (χ1v) is 17.5. The summed E-state index contributed by atoms with van der Waals surface area (Å²) in [6.07, 6.45) is 2.47. The third kappa shape index (κ3) is 6.50. The van der Waals surface area contributed by atoms with Gasteiger partial charge in [0, 0.05) is 69.7 Å². The number of hydrogen-bond acceptors (Lipinski definition) is 12. The fourth-order valence-electron chi connectivity index (χ4n) is 7.22. The molecule has 14 heteroatoms. The number of hydrogen-bond donors (Lipinski definition) is 6. The summed E-state index contributed by atoms with van der Waals surface area (Å²) in [7, 11) is 0. The van der Waals surface area contributed by atoms with Gasteiger partial charge in [-0.2, -0.15) is 0 Å². The molecule has 0 atom stereocenters. The first kappa shape index (κ1) is 38.5. The monoisotopic (exact) mass is 758 g/mol. The second-order valence-electron chi connectivity index (χ2n) is 14.1. The largest absolute Gasteiger partial charge is 0.507 e. The van der Waals surface area contributed by atoms with Gasteiger partial charge in [-0.05, 0) is 71.8 Å². The molecular formula is C42H38N4O10. The van der Waals surface area contributed by atoms with E-state index in [2.05, 4.69) is 9.98 Å². The van der Waals surface area contributed by atoms with E-state index in [0.29, 0.717) is 33.0 Å². The van der Waals surface area contributed by atoms with E-state index in [9.17, 15) is 50.9 Å². The molecule has 0 spiro atoms. The van der Waals surface area contributed by atoms with Crippen LogP contribution < -0.4 is 0 Å². The highest BCUT2D eigenvalue weighted by Gasteiger charge is 2.29. The number of nitro benzene ring substituents is 2. The third-order valence-electron chi connectivity index (χ3n) is 9.80. The number of phenols is 6. The number of nitrogens with zero attached hydrogens (tertiary/aromatic N) is 4. The van der Waals surface area contributed by atoms with E-state index in [1.165, 1.54) is 61.0 Å². The summed E-state index contributed by atoms with van der Waals surface area (Å²) < 4.78 is 0. The predicted octanol–water partition coefficient (Wildman–Crippen LogP) is 10.1. The fraction of sp³-hybridized carbons (Fsp3) is 0.190. The van der Waals surface area contributed by atoms with Crippen LogP contribution >= 0.6 is 0 Å². The van der Waals surface area contributed by atoms with Gasteiger partial charge in [-0.1, -0.05) is 39.8 Å². The van der Waals surface area contributed by atoms with Crippen LogP contribution in [-0.2, 0) is 0 Å². The average Bonchev–Trinajstić information content (AvgIpc) is 3.13. The summed E-state index contributed by atoms with van der Waals surface area (Å²) in [5.74, 6) is -3.35. The number of aromatic hydroxyl groups is 6. The van der Waals surface area contributed by atoms with E-state index >= 15 is 0 Å². The molecule has 0 heterocycles. The molecule has 286 valence electrons. The number of fused-ring (bicyclic) bond motifs is 2. The van der Waals surface area contributed by atoms with Crippen molar-refractivity contribution in [2.45, 2.75) is 53.4 Å². The Hall–Kier alpha value is -7.22. The highest BCUT2D eigenvalue weighted by atomic mass is 16.6. The minimum atomic E-state index is -0.567. The van der Waals surface area contributed by atoms with Crippen molar-refractivity contribution in [3.63, 3.8) is 0 Å². The molecule has 14 nitrogen and oxygen atoms in total. The van der Waals surface area contributed by atoms with Gasteiger partial charge in [0.25, 0.3) is 11.4 Å². The number of aliphatic imine (C=N–C) groups is 2. The zero-order valence-corrected chi connectivity index (χ0v) is 31.2. The minimum absolute atomic E-state index is 0.0579. The second kappa shape index (κ2) is 14.5. The Labute approximate surface area is 319 Å². The second-order valence-corrected chi connectivity index (χ2v) is 14.1. The van der Waals surface area contributed by atoms with Crippen molar-refractivity contribution in [2.75, 3.05) is 0 Å². The first-order valence-electron chi connectivity index (χ1n) is 17.5. The van der Waals surface area contributed by atoms with Gasteiger partial charge in [0.2, 0.25) is 0 Å². The number of phenolic OH excluding ortho intramolecular Hbond substituents is 6. The van der Waals surface area contributed by atoms with Gasteiger partial charge < -0.3 is 30.6 Å². The number of benzene rings is 6. The molecule has 0 aliphatic rings. The van der Waals surface area contributed by atoms with Crippen LogP contribution in [0.2, 0.25) is 0 Å². The molecular weight excluding hydrogens is 720 g/mol. The standard InChI is InChI=1S/C42H38N4O10/c1-19(2)31-27-15-21(5)33(39(49)35(27)29(37(47)41(31)51)17-43-23-7-11-25(12-8-23)45(53)54)34-22(6)16-28-32(20(3)4)42(52)38(48)30(36(28)40(34)50)18-44-24-9-13-26(14-10-24)46(55)56/h7-20,47-52H,1-6H3. The SMILES string of the molecule is Cc1cc2c(C(C)C)c(O)c(O)c(C=Nc3ccc([N+](=O)[O-])cc3)c2c(O)c1-c1c(C)cc2c(C(C)C)c(O)c(O)c(C=Nc3ccc([N+](=O)[O-])cc3)c2c1O. The lowest BCUT2D eigenvalue weighted by Gasteiger charge is -2.23. The molecule has 6 N–H and O–H groups in total. The maximum Gasteiger partial charge on any atom is 0.269 e. The van der Waals surface area contributed by atoms with Crippen molar-refractivity contribution >= 4 is 56.7 Å². The Morgan fingerprint density at radius 2 is 0.857 bits per heavy atom. The molecule has 56 heavy (non-hydrogen) atoms. The Balaban J connectivity index is 1.67. The van der Waals surface area contributed by atoms with E-state index in [1.54, 1.807) is 26.0 Å². The van der Waals surface area contributed by atoms with Crippen molar-refractivity contribution in [3.05, 3.63) is 114 Å². The summed E-state index contributed by atoms with van der Waals surface area (Å²) in [6.45, 7) is 10.7. The molecule has 0 aliphatic carbocycles. The van der Waals surface area contributed by atoms with Crippen LogP contribution in [0.5, 0.6) is 34.5 Å². The fourth-order valence-corrected chi connectivity index (χ4v) is 7.22. The number of nitro groups is 2. The van der Waals surface area contributed by atoms with Crippen molar-refractivity contribution < 1.29 is 40.5 Å². The van der Waals surface area contributed by atoms with Crippen LogP contribution in [0.3, 0.4) is 0 Å². The molecule has 6 rings (SSSR count). The molecule has 0 fully saturated rings. The normalized spacial score (nSPS) is 11.9. The molecule has 0 aromatic heterocycles. The van der Waals surface area contributed by atoms with E-state index in [1.807, 2.05) is 27.7 Å². The maximum atomic E-state index is 12.3. The van der Waals surface area contributed by atoms with E-state index in [4.69, 9.17) is 0 Å². The number of aryl methyl sites for hydroxylation is 2. The molecule has 0 aliphatic heterocycles. The molecule has 6 aromatic carbocycles. The predicted molar refractivity (Wildman–Crippen MR) is 215 cm³/mol. The van der Waals surface area contributed by atoms with Gasteiger partial charge in [-0.3, -0.25) is 30.2 Å². The highest BCUT2D eigenvalue weighted by molar-refractivity contribution is 6.15. The van der Waals surface area contributed by atoms with Crippen LogP contribution in [0.25, 0.3) is 32.7 Å². The molecule has 6 aromatic rings. The van der Waals surface area contributed by atoms with Crippen LogP contribution in [0.1, 0.15) is 72.9 Å². The third-order valence-corrected chi connectivity index (χ3v) is 9.80. The zero-order valence-electron chi connectivity index (χ0n) is 31.2. The molecule has 0 unspecified atom stereocenters. The van der Waals surface area contributed by atoms with Crippen molar-refractivity contribution in [1.82, 2.24) is 0 Å². The first-order chi connectivity index (χ1) is 26.4. The van der Waals surface area contributed by atoms with Gasteiger partial charge >= 0.3 is 0 Å². The quantitative estimate of drug-likeness (QED) is 0.0353. The lowest BCUT2D eigenvalue weighted by Crippen LogP contribution is -2.01. The number of rotatable bonds is 9. The summed E-state index contributed by atoms with van der Waals surface area (Å²) in [5, 5.41) is 93.3. The van der Waals surface area contributed by atoms with Crippen LogP contribution in [0.15, 0.2) is 70.6 Å². The maximum absolute atomic E-state index is 12.3. The van der Waals surface area contributed by atoms with E-state index < -0.39 is 32.8 Å². The van der Waals surface area contributed by atoms with E-state index in [-0.39, 0.29) is 79.1 Å². The van der Waals surface area contributed by atoms with Crippen molar-refractivity contribution in [2.24, 2.45) is 9.98 Å². The lowest BCUT2D eigenvalue weighted by molar-refractivity contribution is -0.385. The lowest BCUT2D eigenvalue weighted by atomic mass is 9.83. The van der Waals surface area contributed by atoms with Gasteiger partial charge in [0.05, 0.1) is 32.3 Å². The number of non-ortho nitro benzene ring substituents is 2. The summed E-state index contributed by atoms with van der Waals surface area (Å²) in [5.41, 5.74) is 2.14. The van der Waals surface area contributed by atoms with Crippen LogP contribution in [0.4, 0.5) is 22.7 Å². The van der Waals surface area contributed by atoms with Gasteiger partial charge in [-0.25, -0.2) is 0 Å². The summed E-state index contributed by atoms with van der Waals surface area (Å²) >= 11 is 0. The molecule has 0 bridgehead atoms. The zero-order chi connectivity index (χ0) is 40.9. The van der Waals surface area contributed by atoms with Crippen LogP contribution in [0, 0.1) is 34.1 Å². The van der Waals surface area contributed by atoms with Gasteiger partial charge in [-0.15, -0.1) is 0 Å².